The number of aromatic hydroxyl groups is 1. The molecule has 0 atom stereocenters. The molecule has 0 aliphatic heterocycles. The number of phenolic OH excluding ortho intramolecular Hbond substituents is 1. The van der Waals surface area contributed by atoms with E-state index in [0.717, 1.165) is 11.1 Å². The highest BCUT2D eigenvalue weighted by molar-refractivity contribution is 5.73. The van der Waals surface area contributed by atoms with Crippen molar-refractivity contribution in [2.75, 3.05) is 0 Å². The maximum Gasteiger partial charge on any atom is 0.115 e. The molecule has 0 fully saturated rings. The van der Waals surface area contributed by atoms with Crippen LogP contribution in [0.5, 0.6) is 5.75 Å². The van der Waals surface area contributed by atoms with Gasteiger partial charge in [0.1, 0.15) is 5.75 Å². The molecule has 1 nitrogen and oxygen atoms in total. The molecule has 0 bridgehead atoms. The van der Waals surface area contributed by atoms with Crippen molar-refractivity contribution in [1.29, 1.82) is 0 Å². The molecule has 1 N–H and O–H groups in total. The van der Waals surface area contributed by atoms with Crippen molar-refractivity contribution >= 4 is 24.3 Å². The van der Waals surface area contributed by atoms with Crippen LogP contribution in [0.2, 0.25) is 0 Å². The number of phenols is 1. The van der Waals surface area contributed by atoms with Crippen LogP contribution in [-0.4, -0.2) is 5.11 Å². The Labute approximate surface area is 143 Å². The van der Waals surface area contributed by atoms with Gasteiger partial charge in [-0.05, 0) is 41.3 Å². The van der Waals surface area contributed by atoms with E-state index in [2.05, 4.69) is 73.7 Å². The van der Waals surface area contributed by atoms with Gasteiger partial charge in [0, 0.05) is 0 Å². The Morgan fingerprint density at radius 3 is 1.17 bits per heavy atom. The Kier molecular flexibility index (Phi) is 4.93. The Morgan fingerprint density at radius 1 is 0.500 bits per heavy atom. The van der Waals surface area contributed by atoms with Gasteiger partial charge in [0.25, 0.3) is 0 Å². The van der Waals surface area contributed by atoms with Gasteiger partial charge < -0.3 is 5.11 Å². The summed E-state index contributed by atoms with van der Waals surface area (Å²) < 4.78 is 0. The van der Waals surface area contributed by atoms with Crippen LogP contribution in [0.3, 0.4) is 0 Å². The molecule has 118 valence electrons. The average Bonchev–Trinajstić information content (AvgIpc) is 2.62. The van der Waals surface area contributed by atoms with E-state index in [4.69, 9.17) is 0 Å². The summed E-state index contributed by atoms with van der Waals surface area (Å²) >= 11 is 0. The molecule has 0 unspecified atom stereocenters. The molecule has 3 rings (SSSR count). The third kappa shape index (κ3) is 4.47. The minimum Gasteiger partial charge on any atom is -0.508 e. The van der Waals surface area contributed by atoms with Gasteiger partial charge in [0.15, 0.2) is 0 Å². The van der Waals surface area contributed by atoms with Crippen LogP contribution in [-0.2, 0) is 0 Å². The van der Waals surface area contributed by atoms with E-state index in [0.29, 0.717) is 0 Å². The van der Waals surface area contributed by atoms with E-state index in [1.165, 1.54) is 16.7 Å². The molecule has 0 aliphatic carbocycles. The third-order valence-electron chi connectivity index (χ3n) is 3.84. The summed E-state index contributed by atoms with van der Waals surface area (Å²) in [6.07, 6.45) is 8.36. The predicted molar refractivity (Wildman–Crippen MR) is 104 cm³/mol. The smallest absolute Gasteiger partial charge is 0.115 e. The van der Waals surface area contributed by atoms with E-state index >= 15 is 0 Å². The topological polar surface area (TPSA) is 20.2 Å². The van der Waals surface area contributed by atoms with Crippen LogP contribution >= 0.6 is 0 Å². The lowest BCUT2D eigenvalue weighted by Gasteiger charge is -1.98. The second kappa shape index (κ2) is 7.47. The fourth-order valence-electron chi connectivity index (χ4n) is 2.37. The van der Waals surface area contributed by atoms with Gasteiger partial charge >= 0.3 is 0 Å². The zero-order valence-corrected chi connectivity index (χ0v) is 13.7. The molecular formula is C23H20O. The lowest BCUT2D eigenvalue weighted by atomic mass is 10.1. The average molecular weight is 312 g/mol. The standard InChI is InChI=1S/C23H20O/c1-18-2-4-19(5-3-18)6-7-20-8-10-21(11-9-20)12-13-22-14-16-23(24)17-15-22/h2-17,24H,1H3/b7-6+,13-12+. The fraction of sp³-hybridized carbons (Fsp3) is 0.0435. The second-order valence-corrected chi connectivity index (χ2v) is 5.84. The summed E-state index contributed by atoms with van der Waals surface area (Å²) in [4.78, 5) is 0. The van der Waals surface area contributed by atoms with Crippen molar-refractivity contribution < 1.29 is 5.11 Å². The number of hydrogen-bond donors (Lipinski definition) is 1. The molecule has 0 amide bonds. The zero-order valence-electron chi connectivity index (χ0n) is 13.7. The van der Waals surface area contributed by atoms with Crippen LogP contribution in [0.4, 0.5) is 0 Å². The summed E-state index contributed by atoms with van der Waals surface area (Å²) in [7, 11) is 0. The molecule has 0 radical (unpaired) electrons. The van der Waals surface area contributed by atoms with E-state index in [-0.39, 0.29) is 5.75 Å². The summed E-state index contributed by atoms with van der Waals surface area (Å²) in [6.45, 7) is 2.10. The van der Waals surface area contributed by atoms with Crippen LogP contribution in [0, 0.1) is 6.92 Å². The normalized spacial score (nSPS) is 11.4. The minimum absolute atomic E-state index is 0.289. The molecule has 3 aromatic rings. The summed E-state index contributed by atoms with van der Waals surface area (Å²) in [5.74, 6) is 0.289. The SMILES string of the molecule is Cc1ccc(/C=C/c2ccc(/C=C/c3ccc(O)cc3)cc2)cc1. The fourth-order valence-corrected chi connectivity index (χ4v) is 2.37. The van der Waals surface area contributed by atoms with Crippen molar-refractivity contribution in [3.8, 4) is 5.75 Å². The van der Waals surface area contributed by atoms with Gasteiger partial charge in [-0.1, -0.05) is 90.5 Å². The first-order valence-electron chi connectivity index (χ1n) is 8.01. The lowest BCUT2D eigenvalue weighted by Crippen LogP contribution is -1.76. The lowest BCUT2D eigenvalue weighted by molar-refractivity contribution is 0.475. The molecule has 0 saturated carbocycles. The number of aryl methyl sites for hydroxylation is 1. The van der Waals surface area contributed by atoms with Crippen LogP contribution < -0.4 is 0 Å². The second-order valence-electron chi connectivity index (χ2n) is 5.84. The molecule has 0 saturated heterocycles. The van der Waals surface area contributed by atoms with E-state index < -0.39 is 0 Å². The first-order valence-corrected chi connectivity index (χ1v) is 8.01. The molecule has 1 heteroatoms. The Morgan fingerprint density at radius 2 is 0.792 bits per heavy atom. The molecule has 24 heavy (non-hydrogen) atoms. The highest BCUT2D eigenvalue weighted by Crippen LogP contribution is 2.14. The largest absolute Gasteiger partial charge is 0.508 e. The van der Waals surface area contributed by atoms with Gasteiger partial charge in [-0.25, -0.2) is 0 Å². The van der Waals surface area contributed by atoms with Crippen molar-refractivity contribution in [2.45, 2.75) is 6.92 Å². The van der Waals surface area contributed by atoms with Gasteiger partial charge in [-0.15, -0.1) is 0 Å². The van der Waals surface area contributed by atoms with Gasteiger partial charge in [0.05, 0.1) is 0 Å². The Balaban J connectivity index is 1.66. The van der Waals surface area contributed by atoms with Crippen LogP contribution in [0.25, 0.3) is 24.3 Å². The molecule has 3 aromatic carbocycles. The summed E-state index contributed by atoms with van der Waals surface area (Å²) in [6, 6.07) is 24.1. The van der Waals surface area contributed by atoms with Gasteiger partial charge in [-0.2, -0.15) is 0 Å². The maximum atomic E-state index is 9.29. The first kappa shape index (κ1) is 15.8. The first-order chi connectivity index (χ1) is 11.7. The van der Waals surface area contributed by atoms with Crippen LogP contribution in [0.15, 0.2) is 72.8 Å². The predicted octanol–water partition coefficient (Wildman–Crippen LogP) is 6.04. The molecule has 0 aromatic heterocycles. The highest BCUT2D eigenvalue weighted by Gasteiger charge is 1.92. The van der Waals surface area contributed by atoms with Crippen molar-refractivity contribution in [2.24, 2.45) is 0 Å². The van der Waals surface area contributed by atoms with Crippen molar-refractivity contribution in [3.05, 3.63) is 101 Å². The maximum absolute atomic E-state index is 9.29. The third-order valence-corrected chi connectivity index (χ3v) is 3.84. The van der Waals surface area contributed by atoms with Crippen molar-refractivity contribution in [1.82, 2.24) is 0 Å². The zero-order chi connectivity index (χ0) is 16.8. The van der Waals surface area contributed by atoms with Crippen LogP contribution in [0.1, 0.15) is 27.8 Å². The molecular weight excluding hydrogens is 292 g/mol. The summed E-state index contributed by atoms with van der Waals surface area (Å²) in [5, 5.41) is 9.29. The highest BCUT2D eigenvalue weighted by atomic mass is 16.3. The minimum atomic E-state index is 0.289. The monoisotopic (exact) mass is 312 g/mol. The number of hydrogen-bond acceptors (Lipinski definition) is 1. The Hall–Kier alpha value is -3.06. The molecule has 0 heterocycles. The van der Waals surface area contributed by atoms with E-state index in [1.807, 2.05) is 18.2 Å². The Bertz CT molecular complexity index is 762. The molecule has 0 spiro atoms. The van der Waals surface area contributed by atoms with Gasteiger partial charge in [-0.3, -0.25) is 0 Å². The van der Waals surface area contributed by atoms with E-state index in [1.54, 1.807) is 12.1 Å². The number of benzene rings is 3. The molecule has 0 aliphatic rings. The number of rotatable bonds is 4. The van der Waals surface area contributed by atoms with Gasteiger partial charge in [0.2, 0.25) is 0 Å². The quantitative estimate of drug-likeness (QED) is 0.582. The van der Waals surface area contributed by atoms with E-state index in [9.17, 15) is 5.11 Å². The summed E-state index contributed by atoms with van der Waals surface area (Å²) in [5.41, 5.74) is 5.87. The van der Waals surface area contributed by atoms with Crippen molar-refractivity contribution in [3.63, 3.8) is 0 Å².